The molecule has 0 aliphatic heterocycles. The number of carbonyl (C=O) groups is 1. The zero-order valence-corrected chi connectivity index (χ0v) is 24.2. The maximum absolute atomic E-state index is 12.7. The SMILES string of the molecule is Cc1ccc(-c2ccccc2)n1-c1ccc(C(=O)N/N=C/c2ccc(OCc3cccc([N+](=O)[O-])c3)c(I)c2)cc1. The van der Waals surface area contributed by atoms with E-state index in [1.54, 1.807) is 36.5 Å². The molecule has 4 aromatic carbocycles. The second-order valence-electron chi connectivity index (χ2n) is 9.21. The van der Waals surface area contributed by atoms with Crippen molar-refractivity contribution in [1.29, 1.82) is 0 Å². The third-order valence-corrected chi connectivity index (χ3v) is 7.23. The largest absolute Gasteiger partial charge is 0.488 e. The number of aryl methyl sites for hydroxylation is 1. The lowest BCUT2D eigenvalue weighted by Gasteiger charge is -2.12. The van der Waals surface area contributed by atoms with Crippen molar-refractivity contribution in [3.05, 3.63) is 145 Å². The van der Waals surface area contributed by atoms with E-state index in [1.165, 1.54) is 12.1 Å². The molecule has 0 saturated heterocycles. The molecule has 0 aliphatic rings. The smallest absolute Gasteiger partial charge is 0.271 e. The Balaban J connectivity index is 1.20. The van der Waals surface area contributed by atoms with Crippen LogP contribution in [0.5, 0.6) is 5.75 Å². The Morgan fingerprint density at radius 2 is 1.76 bits per heavy atom. The van der Waals surface area contributed by atoms with E-state index in [0.717, 1.165) is 31.8 Å². The molecule has 1 aromatic heterocycles. The molecule has 0 bridgehead atoms. The summed E-state index contributed by atoms with van der Waals surface area (Å²) in [7, 11) is 0. The number of amides is 1. The first kappa shape index (κ1) is 27.8. The molecule has 0 atom stereocenters. The van der Waals surface area contributed by atoms with Crippen LogP contribution in [0.1, 0.15) is 27.2 Å². The van der Waals surface area contributed by atoms with E-state index in [1.807, 2.05) is 42.5 Å². The van der Waals surface area contributed by atoms with Gasteiger partial charge >= 0.3 is 0 Å². The van der Waals surface area contributed by atoms with Gasteiger partial charge in [-0.3, -0.25) is 14.9 Å². The summed E-state index contributed by atoms with van der Waals surface area (Å²) in [6.45, 7) is 2.26. The Hall–Kier alpha value is -4.77. The first-order chi connectivity index (χ1) is 19.9. The minimum absolute atomic E-state index is 0.0264. The van der Waals surface area contributed by atoms with Gasteiger partial charge in [0.15, 0.2) is 0 Å². The van der Waals surface area contributed by atoms with Gasteiger partial charge in [0.2, 0.25) is 0 Å². The second kappa shape index (κ2) is 12.6. The fourth-order valence-corrected chi connectivity index (χ4v) is 5.04. The van der Waals surface area contributed by atoms with Gasteiger partial charge in [0.05, 0.1) is 20.4 Å². The number of rotatable bonds is 9. The van der Waals surface area contributed by atoms with Gasteiger partial charge < -0.3 is 9.30 Å². The first-order valence-electron chi connectivity index (χ1n) is 12.7. The number of aromatic nitrogens is 1. The molecule has 0 spiro atoms. The molecule has 9 heteroatoms. The Morgan fingerprint density at radius 3 is 2.49 bits per heavy atom. The van der Waals surface area contributed by atoms with Crippen LogP contribution >= 0.6 is 22.6 Å². The topological polar surface area (TPSA) is 98.8 Å². The number of ether oxygens (including phenoxy) is 1. The molecule has 1 amide bonds. The number of hydrogen-bond donors (Lipinski definition) is 1. The van der Waals surface area contributed by atoms with Gasteiger partial charge in [-0.15, -0.1) is 0 Å². The molecular formula is C32H25IN4O4. The van der Waals surface area contributed by atoms with Crippen molar-refractivity contribution in [3.8, 4) is 22.7 Å². The maximum Gasteiger partial charge on any atom is 0.271 e. The number of carbonyl (C=O) groups excluding carboxylic acids is 1. The molecule has 5 rings (SSSR count). The van der Waals surface area contributed by atoms with Gasteiger partial charge in [-0.1, -0.05) is 42.5 Å². The highest BCUT2D eigenvalue weighted by Crippen LogP contribution is 2.27. The van der Waals surface area contributed by atoms with E-state index >= 15 is 0 Å². The van der Waals surface area contributed by atoms with Crippen LogP contribution in [0.4, 0.5) is 5.69 Å². The van der Waals surface area contributed by atoms with Crippen molar-refractivity contribution in [1.82, 2.24) is 9.99 Å². The summed E-state index contributed by atoms with van der Waals surface area (Å²) in [5, 5.41) is 15.1. The van der Waals surface area contributed by atoms with Crippen molar-refractivity contribution in [2.45, 2.75) is 13.5 Å². The summed E-state index contributed by atoms with van der Waals surface area (Å²) in [5.74, 6) is 0.332. The maximum atomic E-state index is 12.7. The zero-order chi connectivity index (χ0) is 28.8. The van der Waals surface area contributed by atoms with Gasteiger partial charge in [0, 0.05) is 29.1 Å². The Labute approximate surface area is 250 Å². The lowest BCUT2D eigenvalue weighted by atomic mass is 10.1. The summed E-state index contributed by atoms with van der Waals surface area (Å²) in [6.07, 6.45) is 1.56. The first-order valence-corrected chi connectivity index (χ1v) is 13.8. The number of non-ortho nitro benzene ring substituents is 1. The summed E-state index contributed by atoms with van der Waals surface area (Å²) in [5.41, 5.74) is 8.86. The molecule has 5 aromatic rings. The van der Waals surface area contributed by atoms with Crippen molar-refractivity contribution in [2.24, 2.45) is 5.10 Å². The van der Waals surface area contributed by atoms with Gasteiger partial charge in [-0.25, -0.2) is 5.43 Å². The molecule has 1 N–H and O–H groups in total. The fraction of sp³-hybridized carbons (Fsp3) is 0.0625. The van der Waals surface area contributed by atoms with Crippen LogP contribution in [0.15, 0.2) is 114 Å². The van der Waals surface area contributed by atoms with E-state index in [9.17, 15) is 14.9 Å². The number of halogens is 1. The van der Waals surface area contributed by atoms with Crippen molar-refractivity contribution in [2.75, 3.05) is 0 Å². The molecule has 204 valence electrons. The molecule has 1 heterocycles. The average Bonchev–Trinajstić information content (AvgIpc) is 3.38. The molecule has 0 fully saturated rings. The highest BCUT2D eigenvalue weighted by molar-refractivity contribution is 14.1. The molecule has 0 unspecified atom stereocenters. The third-order valence-electron chi connectivity index (χ3n) is 6.38. The molecule has 41 heavy (non-hydrogen) atoms. The summed E-state index contributed by atoms with van der Waals surface area (Å²) in [4.78, 5) is 23.2. The number of nitrogens with zero attached hydrogens (tertiary/aromatic N) is 3. The third kappa shape index (κ3) is 6.69. The lowest BCUT2D eigenvalue weighted by molar-refractivity contribution is -0.384. The van der Waals surface area contributed by atoms with Crippen LogP contribution < -0.4 is 10.2 Å². The van der Waals surface area contributed by atoms with E-state index < -0.39 is 4.92 Å². The lowest BCUT2D eigenvalue weighted by Crippen LogP contribution is -2.17. The quantitative estimate of drug-likeness (QED) is 0.0779. The van der Waals surface area contributed by atoms with Gasteiger partial charge in [0.25, 0.3) is 11.6 Å². The number of hydrogen-bond acceptors (Lipinski definition) is 5. The number of benzene rings is 4. The van der Waals surface area contributed by atoms with Gasteiger partial charge in [-0.05, 0) is 101 Å². The number of nitro benzene ring substituents is 1. The molecular weight excluding hydrogens is 631 g/mol. The van der Waals surface area contributed by atoms with Crippen LogP contribution in [0.2, 0.25) is 0 Å². The van der Waals surface area contributed by atoms with Gasteiger partial charge in [0.1, 0.15) is 12.4 Å². The Bertz CT molecular complexity index is 1730. The molecule has 0 radical (unpaired) electrons. The van der Waals surface area contributed by atoms with Crippen LogP contribution in [0.3, 0.4) is 0 Å². The van der Waals surface area contributed by atoms with E-state index in [-0.39, 0.29) is 18.2 Å². The van der Waals surface area contributed by atoms with E-state index in [4.69, 9.17) is 4.74 Å². The number of hydrazone groups is 1. The van der Waals surface area contributed by atoms with E-state index in [0.29, 0.717) is 16.9 Å². The highest BCUT2D eigenvalue weighted by Gasteiger charge is 2.11. The summed E-state index contributed by atoms with van der Waals surface area (Å²) >= 11 is 2.15. The molecule has 0 aliphatic carbocycles. The van der Waals surface area contributed by atoms with Crippen LogP contribution in [-0.2, 0) is 6.61 Å². The average molecular weight is 656 g/mol. The van der Waals surface area contributed by atoms with Crippen molar-refractivity contribution in [3.63, 3.8) is 0 Å². The predicted molar refractivity (Wildman–Crippen MR) is 168 cm³/mol. The number of nitrogens with one attached hydrogen (secondary N) is 1. The monoisotopic (exact) mass is 656 g/mol. The Kier molecular flexibility index (Phi) is 8.54. The van der Waals surface area contributed by atoms with Crippen LogP contribution in [-0.4, -0.2) is 21.6 Å². The summed E-state index contributed by atoms with van der Waals surface area (Å²) in [6, 6.07) is 33.6. The minimum atomic E-state index is -0.429. The van der Waals surface area contributed by atoms with Gasteiger partial charge in [-0.2, -0.15) is 5.10 Å². The standard InChI is InChI=1S/C32H25IN4O4/c1-22-10-16-30(25-7-3-2-4-8-25)36(22)27-14-12-26(13-15-27)32(38)35-34-20-23-11-17-31(29(33)19-23)41-21-24-6-5-9-28(18-24)37(39)40/h2-20H,21H2,1H3,(H,35,38)/b34-20+. The highest BCUT2D eigenvalue weighted by atomic mass is 127. The Morgan fingerprint density at radius 1 is 0.976 bits per heavy atom. The van der Waals surface area contributed by atoms with Crippen LogP contribution in [0.25, 0.3) is 16.9 Å². The fourth-order valence-electron chi connectivity index (χ4n) is 4.34. The second-order valence-corrected chi connectivity index (χ2v) is 10.4. The van der Waals surface area contributed by atoms with Crippen LogP contribution in [0, 0.1) is 20.6 Å². The van der Waals surface area contributed by atoms with Crippen molar-refractivity contribution < 1.29 is 14.5 Å². The normalized spacial score (nSPS) is 11.0. The predicted octanol–water partition coefficient (Wildman–Crippen LogP) is 7.31. The summed E-state index contributed by atoms with van der Waals surface area (Å²) < 4.78 is 8.85. The minimum Gasteiger partial charge on any atom is -0.488 e. The van der Waals surface area contributed by atoms with Crippen molar-refractivity contribution >= 4 is 40.4 Å². The van der Waals surface area contributed by atoms with E-state index in [2.05, 4.69) is 68.9 Å². The zero-order valence-electron chi connectivity index (χ0n) is 22.0. The molecule has 0 saturated carbocycles. The molecule has 8 nitrogen and oxygen atoms in total. The number of nitro groups is 1.